The first kappa shape index (κ1) is 10.7. The minimum atomic E-state index is -0.494. The summed E-state index contributed by atoms with van der Waals surface area (Å²) in [6.45, 7) is 4.48. The minimum Gasteiger partial charge on any atom is -0.392 e. The zero-order valence-electron chi connectivity index (χ0n) is 8.40. The Morgan fingerprint density at radius 3 is 3.00 bits per heavy atom. The molecule has 1 aromatic heterocycles. The molecule has 0 aliphatic heterocycles. The van der Waals surface area contributed by atoms with Crippen LogP contribution in [0.15, 0.2) is 17.2 Å². The Labute approximate surface area is 82.4 Å². The molecule has 5 heteroatoms. The normalized spacial score (nSPS) is 12.5. The van der Waals surface area contributed by atoms with Gasteiger partial charge in [0, 0.05) is 25.5 Å². The number of aromatic nitrogens is 2. The summed E-state index contributed by atoms with van der Waals surface area (Å²) < 4.78 is 1.55. The molecule has 0 aromatic carbocycles. The van der Waals surface area contributed by atoms with Crippen LogP contribution in [-0.2, 0) is 6.54 Å². The van der Waals surface area contributed by atoms with E-state index in [4.69, 9.17) is 5.11 Å². The zero-order chi connectivity index (χ0) is 10.6. The fourth-order valence-electron chi connectivity index (χ4n) is 1.06. The van der Waals surface area contributed by atoms with E-state index >= 15 is 0 Å². The minimum absolute atomic E-state index is 0.157. The highest BCUT2D eigenvalue weighted by Gasteiger charge is 2.03. The maximum absolute atomic E-state index is 11.6. The van der Waals surface area contributed by atoms with Crippen molar-refractivity contribution < 1.29 is 5.11 Å². The highest BCUT2D eigenvalue weighted by molar-refractivity contribution is 5.30. The van der Waals surface area contributed by atoms with Gasteiger partial charge in [-0.3, -0.25) is 4.79 Å². The lowest BCUT2D eigenvalue weighted by molar-refractivity contribution is 0.208. The molecule has 1 unspecified atom stereocenters. The monoisotopic (exact) mass is 197 g/mol. The number of nitrogens with zero attached hydrogens (tertiary/aromatic N) is 2. The van der Waals surface area contributed by atoms with E-state index in [2.05, 4.69) is 10.3 Å². The van der Waals surface area contributed by atoms with Crippen LogP contribution >= 0.6 is 0 Å². The van der Waals surface area contributed by atoms with Crippen LogP contribution in [0.2, 0.25) is 0 Å². The van der Waals surface area contributed by atoms with Gasteiger partial charge in [-0.15, -0.1) is 0 Å². The van der Waals surface area contributed by atoms with Crippen LogP contribution in [0.1, 0.15) is 13.8 Å². The topological polar surface area (TPSA) is 67.2 Å². The summed E-state index contributed by atoms with van der Waals surface area (Å²) in [6, 6.07) is 0. The zero-order valence-corrected chi connectivity index (χ0v) is 8.40. The molecule has 0 radical (unpaired) electrons. The average Bonchev–Trinajstić information content (AvgIpc) is 2.16. The van der Waals surface area contributed by atoms with Crippen LogP contribution in [0.5, 0.6) is 0 Å². The van der Waals surface area contributed by atoms with Gasteiger partial charge in [-0.05, 0) is 13.8 Å². The van der Waals surface area contributed by atoms with E-state index in [1.165, 1.54) is 0 Å². The van der Waals surface area contributed by atoms with Crippen molar-refractivity contribution in [2.75, 3.05) is 11.9 Å². The van der Waals surface area contributed by atoms with Gasteiger partial charge in [0.2, 0.25) is 0 Å². The molecular weight excluding hydrogens is 182 g/mol. The molecule has 0 spiro atoms. The summed E-state index contributed by atoms with van der Waals surface area (Å²) in [5, 5.41) is 11.8. The van der Waals surface area contributed by atoms with Crippen molar-refractivity contribution in [3.63, 3.8) is 0 Å². The van der Waals surface area contributed by atoms with Crippen molar-refractivity contribution in [1.82, 2.24) is 9.55 Å². The average molecular weight is 197 g/mol. The maximum atomic E-state index is 11.6. The lowest BCUT2D eigenvalue weighted by Crippen LogP contribution is -2.26. The lowest BCUT2D eigenvalue weighted by Gasteiger charge is -2.08. The quantitative estimate of drug-likeness (QED) is 0.716. The van der Waals surface area contributed by atoms with Crippen LogP contribution in [0, 0.1) is 0 Å². The number of hydrogen-bond acceptors (Lipinski definition) is 4. The molecule has 0 amide bonds. The smallest absolute Gasteiger partial charge is 0.293 e. The summed E-state index contributed by atoms with van der Waals surface area (Å²) in [5.74, 6) is 0.287. The highest BCUT2D eigenvalue weighted by Crippen LogP contribution is 1.93. The Bertz CT molecular complexity index is 346. The van der Waals surface area contributed by atoms with Gasteiger partial charge >= 0.3 is 0 Å². The Morgan fingerprint density at radius 2 is 2.43 bits per heavy atom. The van der Waals surface area contributed by atoms with E-state index in [-0.39, 0.29) is 11.4 Å². The van der Waals surface area contributed by atoms with Gasteiger partial charge in [-0.2, -0.15) is 0 Å². The molecule has 1 rings (SSSR count). The van der Waals surface area contributed by atoms with Crippen LogP contribution in [-0.4, -0.2) is 27.3 Å². The SMILES string of the molecule is CCn1ccnc(NCC(C)O)c1=O. The molecule has 1 heterocycles. The lowest BCUT2D eigenvalue weighted by atomic mass is 10.4. The molecule has 0 aliphatic carbocycles. The van der Waals surface area contributed by atoms with Crippen LogP contribution in [0.4, 0.5) is 5.82 Å². The summed E-state index contributed by atoms with van der Waals surface area (Å²) >= 11 is 0. The number of aliphatic hydroxyl groups excluding tert-OH is 1. The Balaban J connectivity index is 2.82. The van der Waals surface area contributed by atoms with Crippen LogP contribution < -0.4 is 10.9 Å². The summed E-state index contributed by atoms with van der Waals surface area (Å²) in [6.07, 6.45) is 2.71. The highest BCUT2D eigenvalue weighted by atomic mass is 16.3. The van der Waals surface area contributed by atoms with Crippen LogP contribution in [0.25, 0.3) is 0 Å². The molecule has 0 aliphatic rings. The van der Waals surface area contributed by atoms with Gasteiger partial charge in [-0.1, -0.05) is 0 Å². The van der Waals surface area contributed by atoms with Crippen LogP contribution in [0.3, 0.4) is 0 Å². The predicted molar refractivity (Wildman–Crippen MR) is 54.3 cm³/mol. The van der Waals surface area contributed by atoms with Gasteiger partial charge in [0.05, 0.1) is 6.10 Å². The summed E-state index contributed by atoms with van der Waals surface area (Å²) in [7, 11) is 0. The van der Waals surface area contributed by atoms with E-state index in [9.17, 15) is 4.79 Å². The van der Waals surface area contributed by atoms with Crippen molar-refractivity contribution in [1.29, 1.82) is 0 Å². The Hall–Kier alpha value is -1.36. The van der Waals surface area contributed by atoms with Gasteiger partial charge in [0.15, 0.2) is 5.82 Å². The number of nitrogens with one attached hydrogen (secondary N) is 1. The molecule has 14 heavy (non-hydrogen) atoms. The molecule has 0 fully saturated rings. The summed E-state index contributed by atoms with van der Waals surface area (Å²) in [5.41, 5.74) is -0.157. The van der Waals surface area contributed by atoms with E-state index in [1.54, 1.807) is 23.9 Å². The number of hydrogen-bond donors (Lipinski definition) is 2. The van der Waals surface area contributed by atoms with Crippen molar-refractivity contribution in [3.05, 3.63) is 22.7 Å². The maximum Gasteiger partial charge on any atom is 0.293 e. The molecule has 2 N–H and O–H groups in total. The second-order valence-electron chi connectivity index (χ2n) is 3.10. The second kappa shape index (κ2) is 4.76. The van der Waals surface area contributed by atoms with Crippen molar-refractivity contribution in [2.24, 2.45) is 0 Å². The van der Waals surface area contributed by atoms with Crippen molar-refractivity contribution in [2.45, 2.75) is 26.5 Å². The fourth-order valence-corrected chi connectivity index (χ4v) is 1.06. The van der Waals surface area contributed by atoms with E-state index < -0.39 is 6.10 Å². The van der Waals surface area contributed by atoms with E-state index in [0.29, 0.717) is 13.1 Å². The summed E-state index contributed by atoms with van der Waals surface area (Å²) in [4.78, 5) is 15.5. The van der Waals surface area contributed by atoms with E-state index in [0.717, 1.165) is 0 Å². The predicted octanol–water partition coefficient (Wildman–Crippen LogP) is 0.0559. The first-order chi connectivity index (χ1) is 6.65. The van der Waals surface area contributed by atoms with E-state index in [1.807, 2.05) is 6.92 Å². The van der Waals surface area contributed by atoms with Gasteiger partial charge < -0.3 is 15.0 Å². The number of aliphatic hydroxyl groups is 1. The van der Waals surface area contributed by atoms with Gasteiger partial charge in [0.25, 0.3) is 5.56 Å². The van der Waals surface area contributed by atoms with Crippen molar-refractivity contribution in [3.8, 4) is 0 Å². The Kier molecular flexibility index (Phi) is 3.64. The molecule has 1 aromatic rings. The van der Waals surface area contributed by atoms with Gasteiger partial charge in [-0.25, -0.2) is 4.98 Å². The molecular formula is C9H15N3O2. The first-order valence-electron chi connectivity index (χ1n) is 4.62. The molecule has 1 atom stereocenters. The molecule has 0 saturated heterocycles. The Morgan fingerprint density at radius 1 is 1.71 bits per heavy atom. The second-order valence-corrected chi connectivity index (χ2v) is 3.10. The first-order valence-corrected chi connectivity index (χ1v) is 4.62. The third-order valence-electron chi connectivity index (χ3n) is 1.82. The largest absolute Gasteiger partial charge is 0.392 e. The molecule has 5 nitrogen and oxygen atoms in total. The van der Waals surface area contributed by atoms with Crippen molar-refractivity contribution >= 4 is 5.82 Å². The molecule has 78 valence electrons. The van der Waals surface area contributed by atoms with Gasteiger partial charge in [0.1, 0.15) is 0 Å². The molecule has 0 saturated carbocycles. The standard InChI is InChI=1S/C9H15N3O2/c1-3-12-5-4-10-8(9(12)14)11-6-7(2)13/h4-5,7,13H,3,6H2,1-2H3,(H,10,11). The molecule has 0 bridgehead atoms. The number of anilines is 1. The number of aryl methyl sites for hydroxylation is 1. The third-order valence-corrected chi connectivity index (χ3v) is 1.82. The fraction of sp³-hybridized carbons (Fsp3) is 0.556. The third kappa shape index (κ3) is 2.56. The number of rotatable bonds is 4.